The zero-order valence-corrected chi connectivity index (χ0v) is 14.3. The van der Waals surface area contributed by atoms with Crippen LogP contribution in [0.5, 0.6) is 0 Å². The van der Waals surface area contributed by atoms with E-state index in [1.807, 2.05) is 0 Å². The van der Waals surface area contributed by atoms with E-state index in [0.29, 0.717) is 42.3 Å². The van der Waals surface area contributed by atoms with Crippen LogP contribution in [0.4, 0.5) is 0 Å². The van der Waals surface area contributed by atoms with Gasteiger partial charge in [-0.3, -0.25) is 9.59 Å². The molecule has 7 atom stereocenters. The molecule has 3 heteroatoms. The van der Waals surface area contributed by atoms with Crippen LogP contribution < -0.4 is 0 Å². The number of nitriles is 1. The van der Waals surface area contributed by atoms with E-state index in [9.17, 15) is 14.9 Å². The van der Waals surface area contributed by atoms with E-state index in [2.05, 4.69) is 19.9 Å². The van der Waals surface area contributed by atoms with Crippen molar-refractivity contribution in [3.63, 3.8) is 0 Å². The van der Waals surface area contributed by atoms with E-state index in [1.165, 1.54) is 0 Å². The zero-order valence-electron chi connectivity index (χ0n) is 14.3. The van der Waals surface area contributed by atoms with Crippen molar-refractivity contribution in [2.45, 2.75) is 65.2 Å². The Morgan fingerprint density at radius 1 is 1.04 bits per heavy atom. The van der Waals surface area contributed by atoms with Crippen molar-refractivity contribution < 1.29 is 9.59 Å². The quantitative estimate of drug-likeness (QED) is 0.681. The summed E-state index contributed by atoms with van der Waals surface area (Å²) < 4.78 is 0. The van der Waals surface area contributed by atoms with Crippen LogP contribution >= 0.6 is 0 Å². The summed E-state index contributed by atoms with van der Waals surface area (Å²) in [6, 6.07) is 2.50. The number of Topliss-reactive ketones (excluding diaryl/α,β-unsaturated/α-hetero) is 2. The molecule has 0 radical (unpaired) electrons. The highest BCUT2D eigenvalue weighted by Gasteiger charge is 2.62. The summed E-state index contributed by atoms with van der Waals surface area (Å²) in [4.78, 5) is 24.5. The predicted molar refractivity (Wildman–Crippen MR) is 86.2 cm³/mol. The first-order valence-corrected chi connectivity index (χ1v) is 9.36. The fourth-order valence-electron chi connectivity index (χ4n) is 7.10. The number of carbonyl (C=O) groups is 2. The van der Waals surface area contributed by atoms with Crippen molar-refractivity contribution in [1.82, 2.24) is 0 Å². The molecule has 0 aromatic rings. The molecule has 0 N–H and O–H groups in total. The van der Waals surface area contributed by atoms with Crippen molar-refractivity contribution in [1.29, 1.82) is 5.26 Å². The van der Waals surface area contributed by atoms with Gasteiger partial charge in [0, 0.05) is 24.7 Å². The summed E-state index contributed by atoms with van der Waals surface area (Å²) >= 11 is 0. The van der Waals surface area contributed by atoms with Crippen LogP contribution in [0.1, 0.15) is 65.2 Å². The maximum atomic E-state index is 12.4. The summed E-state index contributed by atoms with van der Waals surface area (Å²) in [5.41, 5.74) is -0.116. The smallest absolute Gasteiger partial charge is 0.139 e. The number of nitrogens with zero attached hydrogens (tertiary/aromatic N) is 1. The Morgan fingerprint density at radius 2 is 1.83 bits per heavy atom. The Hall–Kier alpha value is -1.17. The summed E-state index contributed by atoms with van der Waals surface area (Å²) in [5.74, 6) is 2.66. The number of hydrogen-bond acceptors (Lipinski definition) is 3. The summed E-state index contributed by atoms with van der Waals surface area (Å²) in [7, 11) is 0. The lowest BCUT2D eigenvalue weighted by atomic mass is 9.43. The lowest BCUT2D eigenvalue weighted by Gasteiger charge is -2.60. The van der Waals surface area contributed by atoms with Gasteiger partial charge in [0.25, 0.3) is 0 Å². The molecule has 3 nitrogen and oxygen atoms in total. The van der Waals surface area contributed by atoms with Crippen LogP contribution in [-0.4, -0.2) is 11.6 Å². The fraction of sp³-hybridized carbons (Fsp3) is 0.850. The highest BCUT2D eigenvalue weighted by atomic mass is 16.1. The minimum absolute atomic E-state index is 0.0153. The molecule has 4 rings (SSSR count). The molecule has 2 unspecified atom stereocenters. The minimum atomic E-state index is -0.122. The molecule has 124 valence electrons. The largest absolute Gasteiger partial charge is 0.300 e. The summed E-state index contributed by atoms with van der Waals surface area (Å²) in [6.07, 6.45) is 7.23. The molecule has 0 aromatic carbocycles. The number of rotatable bonds is 0. The highest BCUT2D eigenvalue weighted by Crippen LogP contribution is 2.66. The lowest BCUT2D eigenvalue weighted by Crippen LogP contribution is -2.56. The first-order valence-electron chi connectivity index (χ1n) is 9.36. The average molecular weight is 313 g/mol. The third-order valence-corrected chi connectivity index (χ3v) is 8.49. The van der Waals surface area contributed by atoms with Crippen molar-refractivity contribution in [3.8, 4) is 6.07 Å². The van der Waals surface area contributed by atoms with Crippen LogP contribution in [0, 0.1) is 51.8 Å². The normalized spacial score (nSPS) is 52.3. The van der Waals surface area contributed by atoms with Gasteiger partial charge in [-0.25, -0.2) is 0 Å². The van der Waals surface area contributed by atoms with Gasteiger partial charge in [0.1, 0.15) is 11.6 Å². The van der Waals surface area contributed by atoms with Gasteiger partial charge in [0.15, 0.2) is 0 Å². The Morgan fingerprint density at radius 3 is 2.57 bits per heavy atom. The molecule has 4 aliphatic rings. The molecule has 0 aromatic heterocycles. The van der Waals surface area contributed by atoms with Crippen molar-refractivity contribution in [2.75, 3.05) is 0 Å². The molecule has 4 aliphatic carbocycles. The molecule has 0 aliphatic heterocycles. The van der Waals surface area contributed by atoms with Crippen LogP contribution in [0.15, 0.2) is 0 Å². The molecule has 0 spiro atoms. The van der Waals surface area contributed by atoms with Crippen molar-refractivity contribution >= 4 is 11.6 Å². The molecular weight excluding hydrogens is 286 g/mol. The van der Waals surface area contributed by atoms with Crippen LogP contribution in [0.2, 0.25) is 0 Å². The van der Waals surface area contributed by atoms with E-state index in [1.54, 1.807) is 0 Å². The van der Waals surface area contributed by atoms with Gasteiger partial charge in [-0.05, 0) is 61.2 Å². The Kier molecular flexibility index (Phi) is 3.28. The number of carbonyl (C=O) groups excluding carboxylic acids is 2. The maximum Gasteiger partial charge on any atom is 0.139 e. The van der Waals surface area contributed by atoms with E-state index >= 15 is 0 Å². The van der Waals surface area contributed by atoms with Gasteiger partial charge in [-0.15, -0.1) is 0 Å². The summed E-state index contributed by atoms with van der Waals surface area (Å²) in [6.45, 7) is 4.50. The molecule has 0 heterocycles. The first-order chi connectivity index (χ1) is 10.9. The van der Waals surface area contributed by atoms with Crippen LogP contribution in [-0.2, 0) is 9.59 Å². The lowest BCUT2D eigenvalue weighted by molar-refractivity contribution is -0.150. The molecule has 0 amide bonds. The van der Waals surface area contributed by atoms with Crippen LogP contribution in [0.25, 0.3) is 0 Å². The van der Waals surface area contributed by atoms with Crippen molar-refractivity contribution in [2.24, 2.45) is 40.4 Å². The zero-order chi connectivity index (χ0) is 16.4. The van der Waals surface area contributed by atoms with E-state index in [-0.39, 0.29) is 22.5 Å². The molecule has 0 bridgehead atoms. The first kappa shape index (κ1) is 15.4. The van der Waals surface area contributed by atoms with E-state index < -0.39 is 0 Å². The highest BCUT2D eigenvalue weighted by molar-refractivity contribution is 5.87. The molecule has 4 saturated carbocycles. The SMILES string of the molecule is C[C@]12C(C#N)CC(=O)CC1CC[C@@H]1[C@@H]2CC[C@]2(C)C(=O)CC[C@@H]12. The van der Waals surface area contributed by atoms with Gasteiger partial charge in [-0.2, -0.15) is 5.26 Å². The van der Waals surface area contributed by atoms with E-state index in [0.717, 1.165) is 38.5 Å². The fourth-order valence-corrected chi connectivity index (χ4v) is 7.10. The second-order valence-electron chi connectivity index (χ2n) is 9.06. The van der Waals surface area contributed by atoms with Crippen molar-refractivity contribution in [3.05, 3.63) is 0 Å². The number of fused-ring (bicyclic) bond motifs is 5. The Labute approximate surface area is 138 Å². The van der Waals surface area contributed by atoms with E-state index in [4.69, 9.17) is 0 Å². The molecule has 23 heavy (non-hydrogen) atoms. The standard InChI is InChI=1S/C20H27NO2/c1-19-8-7-17-15(16(19)5-6-18(19)23)4-3-12-9-14(22)10-13(11-21)20(12,17)2/h12-13,15-17H,3-10H2,1-2H3/t12?,13?,15-,16-,17-,19-,20+/m0/s1. The maximum absolute atomic E-state index is 12.4. The third kappa shape index (κ3) is 1.87. The topological polar surface area (TPSA) is 57.9 Å². The Balaban J connectivity index is 1.71. The van der Waals surface area contributed by atoms with Gasteiger partial charge in [-0.1, -0.05) is 13.8 Å². The number of ketones is 2. The Bertz CT molecular complexity index is 605. The van der Waals surface area contributed by atoms with Gasteiger partial charge < -0.3 is 0 Å². The average Bonchev–Trinajstić information content (AvgIpc) is 2.83. The van der Waals surface area contributed by atoms with Gasteiger partial charge >= 0.3 is 0 Å². The summed E-state index contributed by atoms with van der Waals surface area (Å²) in [5, 5.41) is 9.73. The van der Waals surface area contributed by atoms with Gasteiger partial charge in [0.2, 0.25) is 0 Å². The molecular formula is C20H27NO2. The molecule has 0 saturated heterocycles. The monoisotopic (exact) mass is 313 g/mol. The van der Waals surface area contributed by atoms with Crippen LogP contribution in [0.3, 0.4) is 0 Å². The second kappa shape index (κ2) is 4.91. The predicted octanol–water partition coefficient (Wildman–Crippen LogP) is 3.92. The number of hydrogen-bond donors (Lipinski definition) is 0. The molecule has 4 fully saturated rings. The van der Waals surface area contributed by atoms with Gasteiger partial charge in [0.05, 0.1) is 12.0 Å². The minimum Gasteiger partial charge on any atom is -0.300 e. The third-order valence-electron chi connectivity index (χ3n) is 8.49. The second-order valence-corrected chi connectivity index (χ2v) is 9.06.